The van der Waals surface area contributed by atoms with E-state index in [-0.39, 0.29) is 6.61 Å². The predicted molar refractivity (Wildman–Crippen MR) is 70.2 cm³/mol. The standard InChI is InChI=1S/C15H18O4/c1-15(2)18-13(10-16)14(19-15)12(17)9-8-11-6-4-3-5-7-11/h3-7,12-14,16-17H,10H2,1-2H3/t12-,13+,14-/m0/s1. The van der Waals surface area contributed by atoms with Gasteiger partial charge in [0, 0.05) is 5.56 Å². The maximum Gasteiger partial charge on any atom is 0.164 e. The van der Waals surface area contributed by atoms with E-state index in [1.165, 1.54) is 0 Å². The molecule has 1 fully saturated rings. The zero-order chi connectivity index (χ0) is 13.9. The van der Waals surface area contributed by atoms with Crippen LogP contribution in [0, 0.1) is 11.8 Å². The SMILES string of the molecule is CC1(C)O[C@@H]([C@@H](O)C#Cc2ccccc2)[C@@H](CO)O1. The molecular formula is C15H18O4. The van der Waals surface area contributed by atoms with E-state index < -0.39 is 24.1 Å². The summed E-state index contributed by atoms with van der Waals surface area (Å²) in [4.78, 5) is 0. The summed E-state index contributed by atoms with van der Waals surface area (Å²) in [6, 6.07) is 9.38. The first kappa shape index (κ1) is 14.0. The zero-order valence-electron chi connectivity index (χ0n) is 11.0. The molecule has 2 rings (SSSR count). The largest absolute Gasteiger partial charge is 0.394 e. The average Bonchev–Trinajstić information content (AvgIpc) is 2.72. The van der Waals surface area contributed by atoms with E-state index in [0.717, 1.165) is 5.56 Å². The highest BCUT2D eigenvalue weighted by atomic mass is 16.8. The van der Waals surface area contributed by atoms with Gasteiger partial charge in [-0.2, -0.15) is 0 Å². The van der Waals surface area contributed by atoms with Crippen molar-refractivity contribution in [2.75, 3.05) is 6.61 Å². The van der Waals surface area contributed by atoms with Crippen molar-refractivity contribution in [3.05, 3.63) is 35.9 Å². The third-order valence-electron chi connectivity index (χ3n) is 2.85. The quantitative estimate of drug-likeness (QED) is 0.778. The summed E-state index contributed by atoms with van der Waals surface area (Å²) in [5, 5.41) is 19.3. The number of aliphatic hydroxyl groups excluding tert-OH is 2. The summed E-state index contributed by atoms with van der Waals surface area (Å²) in [6.07, 6.45) is -2.20. The lowest BCUT2D eigenvalue weighted by Gasteiger charge is -2.17. The van der Waals surface area contributed by atoms with E-state index in [9.17, 15) is 10.2 Å². The molecule has 4 nitrogen and oxygen atoms in total. The Bertz CT molecular complexity index is 472. The van der Waals surface area contributed by atoms with Gasteiger partial charge >= 0.3 is 0 Å². The van der Waals surface area contributed by atoms with Crippen molar-refractivity contribution in [2.45, 2.75) is 37.9 Å². The summed E-state index contributed by atoms with van der Waals surface area (Å²) in [5.74, 6) is 4.80. The molecule has 4 heteroatoms. The van der Waals surface area contributed by atoms with E-state index in [1.54, 1.807) is 13.8 Å². The number of benzene rings is 1. The fraction of sp³-hybridized carbons (Fsp3) is 0.467. The first-order chi connectivity index (χ1) is 9.02. The van der Waals surface area contributed by atoms with Crippen molar-refractivity contribution < 1.29 is 19.7 Å². The minimum absolute atomic E-state index is 0.210. The third kappa shape index (κ3) is 3.55. The Balaban J connectivity index is 2.08. The first-order valence-electron chi connectivity index (χ1n) is 6.23. The van der Waals surface area contributed by atoms with Gasteiger partial charge in [0.15, 0.2) is 5.79 Å². The molecule has 19 heavy (non-hydrogen) atoms. The smallest absolute Gasteiger partial charge is 0.164 e. The molecule has 0 aliphatic carbocycles. The summed E-state index contributed by atoms with van der Waals surface area (Å²) < 4.78 is 11.1. The van der Waals surface area contributed by atoms with Gasteiger partial charge in [0.1, 0.15) is 18.3 Å². The Hall–Kier alpha value is -1.38. The topological polar surface area (TPSA) is 58.9 Å². The summed E-state index contributed by atoms with van der Waals surface area (Å²) >= 11 is 0. The van der Waals surface area contributed by atoms with Gasteiger partial charge in [-0.1, -0.05) is 30.0 Å². The molecule has 1 heterocycles. The minimum atomic E-state index is -1.00. The molecule has 0 saturated carbocycles. The fourth-order valence-electron chi connectivity index (χ4n) is 2.03. The van der Waals surface area contributed by atoms with Crippen LogP contribution in [0.4, 0.5) is 0 Å². The van der Waals surface area contributed by atoms with Gasteiger partial charge in [-0.15, -0.1) is 0 Å². The number of rotatable bonds is 2. The molecule has 0 unspecified atom stereocenters. The third-order valence-corrected chi connectivity index (χ3v) is 2.85. The van der Waals surface area contributed by atoms with Crippen LogP contribution in [0.15, 0.2) is 30.3 Å². The number of hydrogen-bond acceptors (Lipinski definition) is 4. The van der Waals surface area contributed by atoms with Crippen molar-refractivity contribution in [1.82, 2.24) is 0 Å². The van der Waals surface area contributed by atoms with Gasteiger partial charge in [0.25, 0.3) is 0 Å². The van der Waals surface area contributed by atoms with Crippen LogP contribution in [0.25, 0.3) is 0 Å². The lowest BCUT2D eigenvalue weighted by Crippen LogP contribution is -2.36. The molecule has 0 amide bonds. The molecule has 102 valence electrons. The second kappa shape index (κ2) is 5.72. The second-order valence-electron chi connectivity index (χ2n) is 4.90. The van der Waals surface area contributed by atoms with Crippen LogP contribution in [0.3, 0.4) is 0 Å². The normalized spacial score (nSPS) is 26.5. The molecule has 0 spiro atoms. The molecule has 1 aromatic rings. The van der Waals surface area contributed by atoms with Crippen LogP contribution in [0.5, 0.6) is 0 Å². The van der Waals surface area contributed by atoms with Crippen LogP contribution in [0.2, 0.25) is 0 Å². The highest BCUT2D eigenvalue weighted by molar-refractivity contribution is 5.34. The zero-order valence-corrected chi connectivity index (χ0v) is 11.0. The van der Waals surface area contributed by atoms with Gasteiger partial charge in [-0.25, -0.2) is 0 Å². The van der Waals surface area contributed by atoms with E-state index in [2.05, 4.69) is 11.8 Å². The molecule has 3 atom stereocenters. The maximum absolute atomic E-state index is 10.1. The van der Waals surface area contributed by atoms with Crippen molar-refractivity contribution >= 4 is 0 Å². The van der Waals surface area contributed by atoms with E-state index >= 15 is 0 Å². The van der Waals surface area contributed by atoms with Gasteiger partial charge < -0.3 is 19.7 Å². The molecule has 1 aliphatic rings. The van der Waals surface area contributed by atoms with Crippen LogP contribution < -0.4 is 0 Å². The second-order valence-corrected chi connectivity index (χ2v) is 4.90. The molecule has 1 aromatic carbocycles. The summed E-state index contributed by atoms with van der Waals surface area (Å²) in [6.45, 7) is 3.28. The molecule has 1 aliphatic heterocycles. The van der Waals surface area contributed by atoms with Gasteiger partial charge in [0.2, 0.25) is 0 Å². The predicted octanol–water partition coefficient (Wildman–Crippen LogP) is 0.911. The summed E-state index contributed by atoms with van der Waals surface area (Å²) in [7, 11) is 0. The minimum Gasteiger partial charge on any atom is -0.394 e. The highest BCUT2D eigenvalue weighted by Crippen LogP contribution is 2.29. The highest BCUT2D eigenvalue weighted by Gasteiger charge is 2.44. The Labute approximate surface area is 113 Å². The Morgan fingerprint density at radius 2 is 1.95 bits per heavy atom. The molecule has 0 radical (unpaired) electrons. The lowest BCUT2D eigenvalue weighted by atomic mass is 10.1. The van der Waals surface area contributed by atoms with Crippen LogP contribution in [0.1, 0.15) is 19.4 Å². The van der Waals surface area contributed by atoms with E-state index in [1.807, 2.05) is 30.3 Å². The Morgan fingerprint density at radius 3 is 2.58 bits per heavy atom. The number of hydrogen-bond donors (Lipinski definition) is 2. The van der Waals surface area contributed by atoms with Crippen LogP contribution >= 0.6 is 0 Å². The first-order valence-corrected chi connectivity index (χ1v) is 6.23. The Kier molecular flexibility index (Phi) is 4.23. The fourth-order valence-corrected chi connectivity index (χ4v) is 2.03. The number of ether oxygens (including phenoxy) is 2. The monoisotopic (exact) mass is 262 g/mol. The summed E-state index contributed by atoms with van der Waals surface area (Å²) in [5.41, 5.74) is 0.820. The number of aliphatic hydroxyl groups is 2. The lowest BCUT2D eigenvalue weighted by molar-refractivity contribution is -0.154. The average molecular weight is 262 g/mol. The van der Waals surface area contributed by atoms with Gasteiger partial charge in [-0.3, -0.25) is 0 Å². The van der Waals surface area contributed by atoms with Crippen LogP contribution in [-0.2, 0) is 9.47 Å². The molecule has 2 N–H and O–H groups in total. The van der Waals surface area contributed by atoms with Crippen molar-refractivity contribution in [3.63, 3.8) is 0 Å². The maximum atomic E-state index is 10.1. The van der Waals surface area contributed by atoms with E-state index in [4.69, 9.17) is 9.47 Å². The van der Waals surface area contributed by atoms with E-state index in [0.29, 0.717) is 0 Å². The molecule has 0 bridgehead atoms. The van der Waals surface area contributed by atoms with Crippen LogP contribution in [-0.4, -0.2) is 40.9 Å². The Morgan fingerprint density at radius 1 is 1.26 bits per heavy atom. The molecule has 0 aromatic heterocycles. The van der Waals surface area contributed by atoms with Crippen molar-refractivity contribution in [2.24, 2.45) is 0 Å². The van der Waals surface area contributed by atoms with Gasteiger partial charge in [0.05, 0.1) is 6.61 Å². The molecular weight excluding hydrogens is 244 g/mol. The van der Waals surface area contributed by atoms with Crippen molar-refractivity contribution in [3.8, 4) is 11.8 Å². The van der Waals surface area contributed by atoms with Crippen molar-refractivity contribution in [1.29, 1.82) is 0 Å². The molecule has 1 saturated heterocycles. The van der Waals surface area contributed by atoms with Gasteiger partial charge in [-0.05, 0) is 26.0 Å².